The van der Waals surface area contributed by atoms with Gasteiger partial charge in [-0.1, -0.05) is 45.0 Å². The maximum Gasteiger partial charge on any atom is 0.146 e. The van der Waals surface area contributed by atoms with Crippen molar-refractivity contribution in [2.24, 2.45) is 5.41 Å². The van der Waals surface area contributed by atoms with E-state index in [4.69, 9.17) is 0 Å². The molecule has 0 amide bonds. The first-order valence-corrected chi connectivity index (χ1v) is 9.76. The third-order valence-electron chi connectivity index (χ3n) is 5.73. The Morgan fingerprint density at radius 1 is 1.12 bits per heavy atom. The number of carbonyl (C=O) groups is 1. The molecular formula is C22H32N2O. The Balaban J connectivity index is 1.70. The van der Waals surface area contributed by atoms with Crippen LogP contribution in [-0.4, -0.2) is 43.4 Å². The van der Waals surface area contributed by atoms with Crippen molar-refractivity contribution in [3.05, 3.63) is 35.9 Å². The highest BCUT2D eigenvalue weighted by molar-refractivity contribution is 5.80. The van der Waals surface area contributed by atoms with Gasteiger partial charge < -0.3 is 4.90 Å². The summed E-state index contributed by atoms with van der Waals surface area (Å²) < 4.78 is 0. The zero-order chi connectivity index (χ0) is 17.9. The first-order chi connectivity index (χ1) is 12.0. The van der Waals surface area contributed by atoms with E-state index in [9.17, 15) is 4.79 Å². The van der Waals surface area contributed by atoms with E-state index in [0.29, 0.717) is 24.2 Å². The average Bonchev–Trinajstić information content (AvgIpc) is 2.62. The quantitative estimate of drug-likeness (QED) is 0.794. The van der Waals surface area contributed by atoms with Crippen molar-refractivity contribution >= 4 is 17.0 Å². The van der Waals surface area contributed by atoms with Gasteiger partial charge in [-0.3, -0.25) is 9.69 Å². The van der Waals surface area contributed by atoms with E-state index in [-0.39, 0.29) is 0 Å². The topological polar surface area (TPSA) is 23.6 Å². The molecule has 0 atom stereocenters. The van der Waals surface area contributed by atoms with Crippen LogP contribution in [-0.2, 0) is 4.79 Å². The number of para-hydroxylation sites is 1. The van der Waals surface area contributed by atoms with Gasteiger partial charge in [-0.05, 0) is 36.3 Å². The highest BCUT2D eigenvalue weighted by Gasteiger charge is 2.25. The van der Waals surface area contributed by atoms with Gasteiger partial charge in [0.15, 0.2) is 0 Å². The van der Waals surface area contributed by atoms with Crippen LogP contribution in [0.25, 0.3) is 5.57 Å². The lowest BCUT2D eigenvalue weighted by atomic mass is 9.77. The molecule has 0 radical (unpaired) electrons. The van der Waals surface area contributed by atoms with Crippen LogP contribution < -0.4 is 4.90 Å². The SMILES string of the molecule is CCC(=O)CN1CCN(c2ccccc2C2=CCC(C)(C)CC2)CC1. The highest BCUT2D eigenvalue weighted by Crippen LogP contribution is 2.40. The van der Waals surface area contributed by atoms with Gasteiger partial charge in [-0.2, -0.15) is 0 Å². The van der Waals surface area contributed by atoms with E-state index in [1.165, 1.54) is 36.1 Å². The van der Waals surface area contributed by atoms with Crippen LogP contribution in [0.1, 0.15) is 52.0 Å². The molecule has 136 valence electrons. The molecule has 1 heterocycles. The van der Waals surface area contributed by atoms with Crippen molar-refractivity contribution in [1.82, 2.24) is 4.90 Å². The summed E-state index contributed by atoms with van der Waals surface area (Å²) in [6.45, 7) is 11.3. The molecule has 1 aliphatic heterocycles. The van der Waals surface area contributed by atoms with Crippen LogP contribution >= 0.6 is 0 Å². The monoisotopic (exact) mass is 340 g/mol. The number of hydrogen-bond acceptors (Lipinski definition) is 3. The standard InChI is InChI=1S/C22H32N2O/c1-4-19(25)17-23-13-15-24(16-14-23)21-8-6-5-7-20(21)18-9-11-22(2,3)12-10-18/h5-9H,4,10-17H2,1-3H3. The van der Waals surface area contributed by atoms with E-state index in [1.54, 1.807) is 0 Å². The molecule has 1 aliphatic carbocycles. The van der Waals surface area contributed by atoms with E-state index >= 15 is 0 Å². The Hall–Kier alpha value is -1.61. The molecule has 0 unspecified atom stereocenters. The summed E-state index contributed by atoms with van der Waals surface area (Å²) in [7, 11) is 0. The molecule has 2 aliphatic rings. The minimum Gasteiger partial charge on any atom is -0.368 e. The van der Waals surface area contributed by atoms with Gasteiger partial charge in [0.05, 0.1) is 6.54 Å². The van der Waals surface area contributed by atoms with Crippen LogP contribution in [0.3, 0.4) is 0 Å². The molecule has 1 aromatic rings. The molecule has 25 heavy (non-hydrogen) atoms. The van der Waals surface area contributed by atoms with Crippen LogP contribution in [0.2, 0.25) is 0 Å². The second-order valence-corrected chi connectivity index (χ2v) is 8.27. The van der Waals surface area contributed by atoms with Crippen LogP contribution in [0, 0.1) is 5.41 Å². The van der Waals surface area contributed by atoms with Crippen molar-refractivity contribution in [3.8, 4) is 0 Å². The zero-order valence-electron chi connectivity index (χ0n) is 16.1. The van der Waals surface area contributed by atoms with Crippen LogP contribution in [0.5, 0.6) is 0 Å². The number of benzene rings is 1. The normalized spacial score (nSPS) is 21.1. The maximum absolute atomic E-state index is 11.7. The summed E-state index contributed by atoms with van der Waals surface area (Å²) in [6.07, 6.45) is 6.71. The second-order valence-electron chi connectivity index (χ2n) is 8.27. The summed E-state index contributed by atoms with van der Waals surface area (Å²) in [5.74, 6) is 0.351. The van der Waals surface area contributed by atoms with E-state index in [0.717, 1.165) is 26.2 Å². The van der Waals surface area contributed by atoms with E-state index in [2.05, 4.69) is 54.0 Å². The second kappa shape index (κ2) is 7.74. The number of carbonyl (C=O) groups excluding carboxylic acids is 1. The molecule has 1 aromatic carbocycles. The lowest BCUT2D eigenvalue weighted by Crippen LogP contribution is -2.48. The van der Waals surface area contributed by atoms with Crippen molar-refractivity contribution < 1.29 is 4.79 Å². The molecule has 1 saturated heterocycles. The zero-order valence-corrected chi connectivity index (χ0v) is 16.1. The van der Waals surface area contributed by atoms with E-state index < -0.39 is 0 Å². The number of Topliss-reactive ketones (excluding diaryl/α,β-unsaturated/α-hetero) is 1. The fourth-order valence-electron chi connectivity index (χ4n) is 3.85. The summed E-state index contributed by atoms with van der Waals surface area (Å²) >= 11 is 0. The van der Waals surface area contributed by atoms with Crippen molar-refractivity contribution in [1.29, 1.82) is 0 Å². The predicted octanol–water partition coefficient (Wildman–Crippen LogP) is 4.38. The molecule has 0 aromatic heterocycles. The number of ketones is 1. The van der Waals surface area contributed by atoms with Crippen LogP contribution in [0.15, 0.2) is 30.3 Å². The third-order valence-corrected chi connectivity index (χ3v) is 5.73. The molecule has 3 nitrogen and oxygen atoms in total. The highest BCUT2D eigenvalue weighted by atomic mass is 16.1. The summed E-state index contributed by atoms with van der Waals surface area (Å²) in [4.78, 5) is 16.5. The van der Waals surface area contributed by atoms with E-state index in [1.807, 2.05) is 6.92 Å². The van der Waals surface area contributed by atoms with Gasteiger partial charge in [0.1, 0.15) is 5.78 Å². The first kappa shape index (κ1) is 18.2. The minimum atomic E-state index is 0.351. The summed E-state index contributed by atoms with van der Waals surface area (Å²) in [5.41, 5.74) is 4.74. The van der Waals surface area contributed by atoms with Gasteiger partial charge in [-0.25, -0.2) is 0 Å². The number of piperazine rings is 1. The molecule has 0 N–H and O–H groups in total. The minimum absolute atomic E-state index is 0.351. The number of nitrogens with zero attached hydrogens (tertiary/aromatic N) is 2. The molecule has 0 bridgehead atoms. The van der Waals surface area contributed by atoms with Crippen molar-refractivity contribution in [2.45, 2.75) is 46.5 Å². The average molecular weight is 341 g/mol. The predicted molar refractivity (Wildman–Crippen MR) is 106 cm³/mol. The molecule has 3 rings (SSSR count). The first-order valence-electron chi connectivity index (χ1n) is 9.76. The Kier molecular flexibility index (Phi) is 5.63. The van der Waals surface area contributed by atoms with Gasteiger partial charge in [0.25, 0.3) is 0 Å². The third kappa shape index (κ3) is 4.52. The maximum atomic E-state index is 11.7. The lowest BCUT2D eigenvalue weighted by Gasteiger charge is -2.37. The van der Waals surface area contributed by atoms with Gasteiger partial charge in [0.2, 0.25) is 0 Å². The number of allylic oxidation sites excluding steroid dienone is 2. The lowest BCUT2D eigenvalue weighted by molar-refractivity contribution is -0.119. The largest absolute Gasteiger partial charge is 0.368 e. The molecule has 3 heteroatoms. The van der Waals surface area contributed by atoms with Crippen LogP contribution in [0.4, 0.5) is 5.69 Å². The van der Waals surface area contributed by atoms with Gasteiger partial charge in [-0.15, -0.1) is 0 Å². The fraction of sp³-hybridized carbons (Fsp3) is 0.591. The smallest absolute Gasteiger partial charge is 0.146 e. The number of anilines is 1. The van der Waals surface area contributed by atoms with Gasteiger partial charge in [0, 0.05) is 43.9 Å². The Labute approximate surface area is 152 Å². The van der Waals surface area contributed by atoms with Gasteiger partial charge >= 0.3 is 0 Å². The molecule has 0 spiro atoms. The molecule has 0 saturated carbocycles. The van der Waals surface area contributed by atoms with Crippen molar-refractivity contribution in [3.63, 3.8) is 0 Å². The van der Waals surface area contributed by atoms with Crippen molar-refractivity contribution in [2.75, 3.05) is 37.6 Å². The number of hydrogen-bond donors (Lipinski definition) is 0. The Morgan fingerprint density at radius 2 is 1.84 bits per heavy atom. The Morgan fingerprint density at radius 3 is 2.48 bits per heavy atom. The fourth-order valence-corrected chi connectivity index (χ4v) is 3.85. The number of rotatable bonds is 5. The molecule has 1 fully saturated rings. The molecular weight excluding hydrogens is 308 g/mol. The summed E-state index contributed by atoms with van der Waals surface area (Å²) in [6, 6.07) is 8.87. The Bertz CT molecular complexity index is 639. The summed E-state index contributed by atoms with van der Waals surface area (Å²) in [5, 5.41) is 0.